The summed E-state index contributed by atoms with van der Waals surface area (Å²) in [4.78, 5) is 34.3. The van der Waals surface area contributed by atoms with Crippen LogP contribution in [0.25, 0.3) is 0 Å². The van der Waals surface area contributed by atoms with Gasteiger partial charge in [-0.05, 0) is 13.0 Å². The Hall–Kier alpha value is -2.51. The van der Waals surface area contributed by atoms with E-state index in [1.54, 1.807) is 6.92 Å². The van der Waals surface area contributed by atoms with Gasteiger partial charge in [0.15, 0.2) is 0 Å². The van der Waals surface area contributed by atoms with Crippen molar-refractivity contribution in [3.8, 4) is 0 Å². The van der Waals surface area contributed by atoms with Crippen molar-refractivity contribution in [2.45, 2.75) is 13.3 Å². The second-order valence-corrected chi connectivity index (χ2v) is 4.13. The molecule has 0 fully saturated rings. The second-order valence-electron chi connectivity index (χ2n) is 4.13. The maximum atomic E-state index is 13.8. The molecule has 0 aromatic heterocycles. The van der Waals surface area contributed by atoms with Crippen LogP contribution in [0.3, 0.4) is 0 Å². The fraction of sp³-hybridized carbons (Fsp3) is 0.385. The Morgan fingerprint density at radius 2 is 2.10 bits per heavy atom. The van der Waals surface area contributed by atoms with E-state index in [-0.39, 0.29) is 25.1 Å². The highest BCUT2D eigenvalue weighted by Gasteiger charge is 2.21. The molecule has 21 heavy (non-hydrogen) atoms. The molecular formula is C13H15FN2O5. The molecule has 0 unspecified atom stereocenters. The summed E-state index contributed by atoms with van der Waals surface area (Å²) < 4.78 is 18.2. The van der Waals surface area contributed by atoms with Crippen LogP contribution in [0.15, 0.2) is 18.2 Å². The van der Waals surface area contributed by atoms with Gasteiger partial charge in [-0.1, -0.05) is 0 Å². The third-order valence-electron chi connectivity index (χ3n) is 2.88. The molecule has 0 saturated carbocycles. The summed E-state index contributed by atoms with van der Waals surface area (Å²) in [7, 11) is 1.23. The minimum atomic E-state index is -0.967. The molecule has 8 heteroatoms. The number of benzene rings is 1. The molecule has 7 nitrogen and oxygen atoms in total. The maximum Gasteiger partial charge on any atom is 0.307 e. The molecule has 0 atom stereocenters. The van der Waals surface area contributed by atoms with Crippen LogP contribution < -0.4 is 0 Å². The van der Waals surface area contributed by atoms with E-state index in [1.165, 1.54) is 12.0 Å². The SMILES string of the molecule is CCN(CCC(=O)OC)C(=O)c1ccc([N+](=O)[O-])cc1F. The second kappa shape index (κ2) is 7.32. The largest absolute Gasteiger partial charge is 0.469 e. The van der Waals surface area contributed by atoms with Crippen LogP contribution in [0, 0.1) is 15.9 Å². The summed E-state index contributed by atoms with van der Waals surface area (Å²) >= 11 is 0. The van der Waals surface area contributed by atoms with Gasteiger partial charge < -0.3 is 9.64 Å². The van der Waals surface area contributed by atoms with E-state index in [0.717, 1.165) is 12.1 Å². The van der Waals surface area contributed by atoms with E-state index in [9.17, 15) is 24.1 Å². The lowest BCUT2D eigenvalue weighted by Crippen LogP contribution is -2.33. The van der Waals surface area contributed by atoms with E-state index in [2.05, 4.69) is 4.74 Å². The lowest BCUT2D eigenvalue weighted by Gasteiger charge is -2.20. The van der Waals surface area contributed by atoms with Gasteiger partial charge in [0, 0.05) is 19.2 Å². The summed E-state index contributed by atoms with van der Waals surface area (Å²) in [5, 5.41) is 10.5. The zero-order valence-corrected chi connectivity index (χ0v) is 11.7. The summed E-state index contributed by atoms with van der Waals surface area (Å²) in [6.45, 7) is 2.03. The van der Waals surface area contributed by atoms with E-state index >= 15 is 0 Å². The van der Waals surface area contributed by atoms with Gasteiger partial charge >= 0.3 is 5.97 Å². The Morgan fingerprint density at radius 1 is 1.43 bits per heavy atom. The van der Waals surface area contributed by atoms with Crippen molar-refractivity contribution in [3.63, 3.8) is 0 Å². The molecule has 114 valence electrons. The van der Waals surface area contributed by atoms with Crippen LogP contribution in [-0.2, 0) is 9.53 Å². The number of amides is 1. The summed E-state index contributed by atoms with van der Waals surface area (Å²) in [5.41, 5.74) is -0.700. The highest BCUT2D eigenvalue weighted by molar-refractivity contribution is 5.95. The topological polar surface area (TPSA) is 89.8 Å². The van der Waals surface area contributed by atoms with E-state index < -0.39 is 28.3 Å². The summed E-state index contributed by atoms with van der Waals surface area (Å²) in [6, 6.07) is 2.82. The Labute approximate surface area is 120 Å². The minimum absolute atomic E-state index is 0.00925. The van der Waals surface area contributed by atoms with Crippen LogP contribution >= 0.6 is 0 Å². The van der Waals surface area contributed by atoms with Gasteiger partial charge in [0.1, 0.15) is 5.82 Å². The average molecular weight is 298 g/mol. The lowest BCUT2D eigenvalue weighted by molar-refractivity contribution is -0.385. The van der Waals surface area contributed by atoms with E-state index in [4.69, 9.17) is 0 Å². The highest BCUT2D eigenvalue weighted by atomic mass is 19.1. The third kappa shape index (κ3) is 4.23. The Bertz CT molecular complexity index is 561. The number of ether oxygens (including phenoxy) is 1. The Balaban J connectivity index is 2.90. The first-order valence-electron chi connectivity index (χ1n) is 6.20. The van der Waals surface area contributed by atoms with Gasteiger partial charge in [-0.3, -0.25) is 19.7 Å². The number of esters is 1. The minimum Gasteiger partial charge on any atom is -0.469 e. The number of non-ortho nitro benzene ring substituents is 1. The maximum absolute atomic E-state index is 13.8. The monoisotopic (exact) mass is 298 g/mol. The molecule has 1 rings (SSSR count). The van der Waals surface area contributed by atoms with Gasteiger partial charge in [-0.15, -0.1) is 0 Å². The van der Waals surface area contributed by atoms with Crippen LogP contribution in [0.5, 0.6) is 0 Å². The van der Waals surface area contributed by atoms with Crippen LogP contribution in [-0.4, -0.2) is 41.9 Å². The number of methoxy groups -OCH3 is 1. The molecule has 0 bridgehead atoms. The van der Waals surface area contributed by atoms with Crippen molar-refractivity contribution in [1.82, 2.24) is 4.90 Å². The number of nitro groups is 1. The number of carbonyl (C=O) groups is 2. The Morgan fingerprint density at radius 3 is 2.57 bits per heavy atom. The number of carbonyl (C=O) groups excluding carboxylic acids is 2. The highest BCUT2D eigenvalue weighted by Crippen LogP contribution is 2.18. The molecule has 1 aromatic rings. The first-order chi connectivity index (χ1) is 9.90. The molecule has 0 saturated heterocycles. The summed E-state index contributed by atoms with van der Waals surface area (Å²) in [5.74, 6) is -2.08. The first kappa shape index (κ1) is 16.5. The van der Waals surface area contributed by atoms with Crippen molar-refractivity contribution in [2.75, 3.05) is 20.2 Å². The van der Waals surface area contributed by atoms with Gasteiger partial charge in [-0.25, -0.2) is 4.39 Å². The Kier molecular flexibility index (Phi) is 5.77. The van der Waals surface area contributed by atoms with E-state index in [1.807, 2.05) is 0 Å². The van der Waals surface area contributed by atoms with E-state index in [0.29, 0.717) is 6.07 Å². The van der Waals surface area contributed by atoms with Crippen LogP contribution in [0.1, 0.15) is 23.7 Å². The van der Waals surface area contributed by atoms with Gasteiger partial charge in [0.05, 0.1) is 30.1 Å². The number of hydrogen-bond donors (Lipinski definition) is 0. The molecule has 0 aliphatic rings. The number of nitro benzene ring substituents is 1. The molecular weight excluding hydrogens is 283 g/mol. The standard InChI is InChI=1S/C13H15FN2O5/c1-3-15(7-6-12(17)21-2)13(18)10-5-4-9(16(19)20)8-11(10)14/h4-5,8H,3,6-7H2,1-2H3. The van der Waals surface area contributed by atoms with Crippen LogP contribution in [0.4, 0.5) is 10.1 Å². The smallest absolute Gasteiger partial charge is 0.307 e. The van der Waals surface area contributed by atoms with Crippen molar-refractivity contribution in [2.24, 2.45) is 0 Å². The molecule has 0 heterocycles. The molecule has 1 aromatic carbocycles. The fourth-order valence-corrected chi connectivity index (χ4v) is 1.69. The molecule has 0 N–H and O–H groups in total. The summed E-state index contributed by atoms with van der Waals surface area (Å²) in [6.07, 6.45) is -0.00925. The lowest BCUT2D eigenvalue weighted by atomic mass is 10.1. The normalized spacial score (nSPS) is 10.0. The third-order valence-corrected chi connectivity index (χ3v) is 2.88. The fourth-order valence-electron chi connectivity index (χ4n) is 1.69. The van der Waals surface area contributed by atoms with Gasteiger partial charge in [0.2, 0.25) is 0 Å². The molecule has 1 amide bonds. The van der Waals surface area contributed by atoms with Crippen molar-refractivity contribution < 1.29 is 23.6 Å². The zero-order valence-electron chi connectivity index (χ0n) is 11.7. The van der Waals surface area contributed by atoms with Gasteiger partial charge in [0.25, 0.3) is 11.6 Å². The van der Waals surface area contributed by atoms with Gasteiger partial charge in [-0.2, -0.15) is 0 Å². The predicted octanol–water partition coefficient (Wildman–Crippen LogP) is 1.76. The number of rotatable bonds is 6. The quantitative estimate of drug-likeness (QED) is 0.453. The molecule has 0 spiro atoms. The molecule has 0 radical (unpaired) electrons. The van der Waals surface area contributed by atoms with Crippen LogP contribution in [0.2, 0.25) is 0 Å². The zero-order chi connectivity index (χ0) is 16.0. The number of hydrogen-bond acceptors (Lipinski definition) is 5. The first-order valence-corrected chi connectivity index (χ1v) is 6.20. The number of nitrogens with zero attached hydrogens (tertiary/aromatic N) is 2. The average Bonchev–Trinajstić information content (AvgIpc) is 2.46. The van der Waals surface area contributed by atoms with Crippen molar-refractivity contribution in [1.29, 1.82) is 0 Å². The molecule has 0 aliphatic heterocycles. The van der Waals surface area contributed by atoms with Crippen molar-refractivity contribution >= 4 is 17.6 Å². The molecule has 0 aliphatic carbocycles. The predicted molar refractivity (Wildman–Crippen MR) is 71.3 cm³/mol. The number of halogens is 1. The van der Waals surface area contributed by atoms with Crippen molar-refractivity contribution in [3.05, 3.63) is 39.7 Å².